The number of carbonyl (C=O) groups is 1. The highest BCUT2D eigenvalue weighted by molar-refractivity contribution is 5.78. The molecule has 0 spiro atoms. The molecule has 0 unspecified atom stereocenters. The van der Waals surface area contributed by atoms with Crippen LogP contribution in [0.15, 0.2) is 24.3 Å². The van der Waals surface area contributed by atoms with Gasteiger partial charge in [-0.15, -0.1) is 0 Å². The first kappa shape index (κ1) is 24.7. The smallest absolute Gasteiger partial charge is 0.228 e. The standard InChI is InChI=1S/C22H32FN7O3/c23-18-6-4-17(5-7-18)20-27-21(25-9-2-12-30-11-1-3-19(30)31)29-22(28-20)26-10-14-33-16-15-32-13-8-24/h4-7H,1-3,8-16,24H2,(H2,25,26,27,28,29). The number of carbonyl (C=O) groups excluding carboxylic acids is 1. The highest BCUT2D eigenvalue weighted by atomic mass is 19.1. The molecule has 33 heavy (non-hydrogen) atoms. The fraction of sp³-hybridized carbons (Fsp3) is 0.545. The number of nitrogens with two attached hydrogens (primary N) is 1. The van der Waals surface area contributed by atoms with Gasteiger partial charge in [-0.1, -0.05) is 0 Å². The number of benzene rings is 1. The van der Waals surface area contributed by atoms with Gasteiger partial charge in [0, 0.05) is 44.7 Å². The van der Waals surface area contributed by atoms with E-state index in [-0.39, 0.29) is 11.7 Å². The summed E-state index contributed by atoms with van der Waals surface area (Å²) in [6.07, 6.45) is 2.35. The summed E-state index contributed by atoms with van der Waals surface area (Å²) in [7, 11) is 0. The van der Waals surface area contributed by atoms with E-state index in [1.165, 1.54) is 12.1 Å². The molecular formula is C22H32FN7O3. The Bertz CT molecular complexity index is 870. The van der Waals surface area contributed by atoms with Crippen LogP contribution in [0.5, 0.6) is 0 Å². The molecule has 0 atom stereocenters. The van der Waals surface area contributed by atoms with Crippen molar-refractivity contribution in [1.82, 2.24) is 19.9 Å². The molecule has 1 fully saturated rings. The molecule has 1 aliphatic heterocycles. The number of nitrogens with one attached hydrogen (secondary N) is 2. The summed E-state index contributed by atoms with van der Waals surface area (Å²) in [5, 5.41) is 6.34. The van der Waals surface area contributed by atoms with Gasteiger partial charge in [-0.3, -0.25) is 4.79 Å². The maximum atomic E-state index is 13.3. The van der Waals surface area contributed by atoms with E-state index in [1.807, 2.05) is 4.90 Å². The monoisotopic (exact) mass is 461 g/mol. The Morgan fingerprint density at radius 2 is 1.67 bits per heavy atom. The van der Waals surface area contributed by atoms with Crippen LogP contribution in [0.4, 0.5) is 16.3 Å². The minimum absolute atomic E-state index is 0.216. The fourth-order valence-corrected chi connectivity index (χ4v) is 3.31. The lowest BCUT2D eigenvalue weighted by Gasteiger charge is -2.15. The van der Waals surface area contributed by atoms with Crippen molar-refractivity contribution in [3.63, 3.8) is 0 Å². The number of hydrogen-bond acceptors (Lipinski definition) is 9. The van der Waals surface area contributed by atoms with Gasteiger partial charge in [-0.25, -0.2) is 4.39 Å². The van der Waals surface area contributed by atoms with Crippen LogP contribution in [0.1, 0.15) is 19.3 Å². The molecule has 3 rings (SSSR count). The topological polar surface area (TPSA) is 128 Å². The van der Waals surface area contributed by atoms with Crippen molar-refractivity contribution in [3.8, 4) is 11.4 Å². The number of nitrogens with zero attached hydrogens (tertiary/aromatic N) is 4. The molecule has 0 radical (unpaired) electrons. The van der Waals surface area contributed by atoms with Gasteiger partial charge in [0.15, 0.2) is 5.82 Å². The predicted octanol–water partition coefficient (Wildman–Crippen LogP) is 1.51. The van der Waals surface area contributed by atoms with E-state index in [1.54, 1.807) is 12.1 Å². The number of rotatable bonds is 15. The van der Waals surface area contributed by atoms with E-state index < -0.39 is 0 Å². The third-order valence-corrected chi connectivity index (χ3v) is 4.96. The summed E-state index contributed by atoms with van der Waals surface area (Å²) in [5.74, 6) is 1.13. The summed E-state index contributed by atoms with van der Waals surface area (Å²) in [6.45, 7) is 5.08. The normalized spacial score (nSPS) is 13.5. The lowest BCUT2D eigenvalue weighted by Crippen LogP contribution is -2.27. The Kier molecular flexibility index (Phi) is 10.2. The Hall–Kier alpha value is -2.89. The maximum Gasteiger partial charge on any atom is 0.228 e. The van der Waals surface area contributed by atoms with Crippen molar-refractivity contribution in [1.29, 1.82) is 0 Å². The van der Waals surface area contributed by atoms with E-state index in [4.69, 9.17) is 15.2 Å². The molecule has 1 saturated heterocycles. The molecule has 1 aromatic carbocycles. The minimum Gasteiger partial charge on any atom is -0.378 e. The van der Waals surface area contributed by atoms with Gasteiger partial charge in [0.2, 0.25) is 17.8 Å². The highest BCUT2D eigenvalue weighted by Gasteiger charge is 2.19. The van der Waals surface area contributed by atoms with Crippen LogP contribution < -0.4 is 16.4 Å². The van der Waals surface area contributed by atoms with Crippen molar-refractivity contribution < 1.29 is 18.7 Å². The third kappa shape index (κ3) is 8.52. The first-order chi connectivity index (χ1) is 16.2. The molecule has 1 amide bonds. The Morgan fingerprint density at radius 1 is 0.970 bits per heavy atom. The molecule has 180 valence electrons. The summed E-state index contributed by atoms with van der Waals surface area (Å²) in [6, 6.07) is 5.99. The average molecular weight is 462 g/mol. The number of halogens is 1. The van der Waals surface area contributed by atoms with Crippen molar-refractivity contribution >= 4 is 17.8 Å². The lowest BCUT2D eigenvalue weighted by molar-refractivity contribution is -0.127. The van der Waals surface area contributed by atoms with E-state index in [2.05, 4.69) is 25.6 Å². The van der Waals surface area contributed by atoms with E-state index in [9.17, 15) is 9.18 Å². The second-order valence-corrected chi connectivity index (χ2v) is 7.52. The lowest BCUT2D eigenvalue weighted by atomic mass is 10.2. The predicted molar refractivity (Wildman–Crippen MR) is 123 cm³/mol. The highest BCUT2D eigenvalue weighted by Crippen LogP contribution is 2.18. The van der Waals surface area contributed by atoms with E-state index >= 15 is 0 Å². The second-order valence-electron chi connectivity index (χ2n) is 7.52. The summed E-state index contributed by atoms with van der Waals surface area (Å²) < 4.78 is 24.1. The van der Waals surface area contributed by atoms with E-state index in [0.29, 0.717) is 82.3 Å². The van der Waals surface area contributed by atoms with Crippen LogP contribution in [0, 0.1) is 5.82 Å². The SMILES string of the molecule is NCCOCCOCCNc1nc(NCCCN2CCCC2=O)nc(-c2ccc(F)cc2)n1. The number of hydrogen-bond donors (Lipinski definition) is 3. The van der Waals surface area contributed by atoms with Crippen LogP contribution >= 0.6 is 0 Å². The molecular weight excluding hydrogens is 429 g/mol. The Morgan fingerprint density at radius 3 is 2.33 bits per heavy atom. The van der Waals surface area contributed by atoms with Crippen LogP contribution in [0.2, 0.25) is 0 Å². The summed E-state index contributed by atoms with van der Waals surface area (Å²) in [5.41, 5.74) is 6.05. The van der Waals surface area contributed by atoms with Crippen LogP contribution in [0.25, 0.3) is 11.4 Å². The van der Waals surface area contributed by atoms with Gasteiger partial charge < -0.3 is 30.7 Å². The number of anilines is 2. The van der Waals surface area contributed by atoms with Gasteiger partial charge in [0.25, 0.3) is 0 Å². The number of aromatic nitrogens is 3. The molecule has 4 N–H and O–H groups in total. The zero-order chi connectivity index (χ0) is 23.3. The van der Waals surface area contributed by atoms with Gasteiger partial charge >= 0.3 is 0 Å². The van der Waals surface area contributed by atoms with Gasteiger partial charge in [0.05, 0.1) is 26.4 Å². The molecule has 1 aromatic heterocycles. The maximum absolute atomic E-state index is 13.3. The molecule has 10 nitrogen and oxygen atoms in total. The molecule has 11 heteroatoms. The van der Waals surface area contributed by atoms with Crippen molar-refractivity contribution in [2.24, 2.45) is 5.73 Å². The van der Waals surface area contributed by atoms with Gasteiger partial charge in [-0.2, -0.15) is 15.0 Å². The van der Waals surface area contributed by atoms with E-state index in [0.717, 1.165) is 19.4 Å². The quantitative estimate of drug-likeness (QED) is 0.338. The third-order valence-electron chi connectivity index (χ3n) is 4.96. The van der Waals surface area contributed by atoms with Crippen molar-refractivity contribution in [3.05, 3.63) is 30.1 Å². The Labute approximate surface area is 193 Å². The molecule has 0 aliphatic carbocycles. The molecule has 2 heterocycles. The van der Waals surface area contributed by atoms with Crippen LogP contribution in [0.3, 0.4) is 0 Å². The van der Waals surface area contributed by atoms with Crippen molar-refractivity contribution in [2.45, 2.75) is 19.3 Å². The number of amides is 1. The average Bonchev–Trinajstić information content (AvgIpc) is 3.23. The number of likely N-dealkylation sites (tertiary alicyclic amines) is 1. The first-order valence-electron chi connectivity index (χ1n) is 11.3. The molecule has 0 saturated carbocycles. The fourth-order valence-electron chi connectivity index (χ4n) is 3.31. The minimum atomic E-state index is -0.325. The Balaban J connectivity index is 1.54. The molecule has 1 aliphatic rings. The van der Waals surface area contributed by atoms with Gasteiger partial charge in [-0.05, 0) is 37.1 Å². The number of ether oxygens (including phenoxy) is 2. The molecule has 0 bridgehead atoms. The second kappa shape index (κ2) is 13.6. The zero-order valence-corrected chi connectivity index (χ0v) is 18.8. The van der Waals surface area contributed by atoms with Crippen LogP contribution in [-0.4, -0.2) is 84.9 Å². The summed E-state index contributed by atoms with van der Waals surface area (Å²) >= 11 is 0. The zero-order valence-electron chi connectivity index (χ0n) is 18.8. The van der Waals surface area contributed by atoms with Gasteiger partial charge in [0.1, 0.15) is 5.82 Å². The first-order valence-corrected chi connectivity index (χ1v) is 11.3. The van der Waals surface area contributed by atoms with Crippen LogP contribution in [-0.2, 0) is 14.3 Å². The molecule has 2 aromatic rings. The largest absolute Gasteiger partial charge is 0.378 e. The van der Waals surface area contributed by atoms with Crippen molar-refractivity contribution in [2.75, 3.05) is 69.8 Å². The summed E-state index contributed by atoms with van der Waals surface area (Å²) in [4.78, 5) is 27.0.